The van der Waals surface area contributed by atoms with Crippen molar-refractivity contribution in [3.8, 4) is 0 Å². The number of amides is 1. The summed E-state index contributed by atoms with van der Waals surface area (Å²) in [7, 11) is -3.37. The summed E-state index contributed by atoms with van der Waals surface area (Å²) >= 11 is 0. The number of rotatable bonds is 4. The third-order valence-corrected chi connectivity index (χ3v) is 7.61. The molecule has 4 rings (SSSR count). The predicted molar refractivity (Wildman–Crippen MR) is 110 cm³/mol. The zero-order chi connectivity index (χ0) is 21.3. The van der Waals surface area contributed by atoms with Crippen LogP contribution in [0.5, 0.6) is 0 Å². The van der Waals surface area contributed by atoms with Crippen LogP contribution in [0, 0.1) is 0 Å². The Morgan fingerprint density at radius 2 is 2.10 bits per heavy atom. The predicted octanol–water partition coefficient (Wildman–Crippen LogP) is 1.24. The van der Waals surface area contributed by atoms with Crippen LogP contribution in [0.2, 0.25) is 0 Å². The van der Waals surface area contributed by atoms with Crippen molar-refractivity contribution in [1.82, 2.24) is 24.2 Å². The maximum absolute atomic E-state index is 13.0. The molecular formula is C20H25N5O4S. The van der Waals surface area contributed by atoms with Crippen molar-refractivity contribution >= 4 is 15.9 Å². The molecular weight excluding hydrogens is 406 g/mol. The van der Waals surface area contributed by atoms with Gasteiger partial charge in [-0.1, -0.05) is 6.07 Å². The Morgan fingerprint density at radius 1 is 1.27 bits per heavy atom. The summed E-state index contributed by atoms with van der Waals surface area (Å²) in [5, 5.41) is 0. The summed E-state index contributed by atoms with van der Waals surface area (Å²) < 4.78 is 26.0. The second-order valence-corrected chi connectivity index (χ2v) is 9.84. The van der Waals surface area contributed by atoms with E-state index in [2.05, 4.69) is 15.0 Å². The SMILES string of the molecule is CCS(=O)(=O)N1CCc2c(nc([C@@H]3CCCCN3C(=O)c3ccccn3)[nH]c2=O)C1. The van der Waals surface area contributed by atoms with E-state index in [-0.39, 0.29) is 36.4 Å². The average Bonchev–Trinajstić information content (AvgIpc) is 2.78. The maximum Gasteiger partial charge on any atom is 0.273 e. The number of carbonyl (C=O) groups excluding carboxylic acids is 1. The molecule has 0 aliphatic carbocycles. The molecule has 1 fully saturated rings. The standard InChI is InChI=1S/C20H25N5O4S/c1-2-30(28,29)24-12-9-14-16(13-24)22-18(23-19(14)26)17-8-4-6-11-25(17)20(27)15-7-3-5-10-21-15/h3,5,7,10,17H,2,4,6,8-9,11-13H2,1H3,(H,22,23,26)/t17-/m0/s1. The summed E-state index contributed by atoms with van der Waals surface area (Å²) in [6.45, 7) is 2.52. The Hall–Kier alpha value is -2.59. The third kappa shape index (κ3) is 3.89. The van der Waals surface area contributed by atoms with Crippen molar-refractivity contribution in [2.45, 2.75) is 45.2 Å². The van der Waals surface area contributed by atoms with E-state index in [9.17, 15) is 18.0 Å². The highest BCUT2D eigenvalue weighted by atomic mass is 32.2. The van der Waals surface area contributed by atoms with E-state index in [0.717, 1.165) is 12.8 Å². The van der Waals surface area contributed by atoms with Crippen molar-refractivity contribution in [2.24, 2.45) is 0 Å². The van der Waals surface area contributed by atoms with Gasteiger partial charge in [0, 0.05) is 24.8 Å². The highest BCUT2D eigenvalue weighted by Gasteiger charge is 2.33. The minimum atomic E-state index is -3.37. The second kappa shape index (κ2) is 8.27. The number of piperidine rings is 1. The van der Waals surface area contributed by atoms with Gasteiger partial charge in [-0.3, -0.25) is 14.6 Å². The molecule has 2 aromatic rings. The van der Waals surface area contributed by atoms with Gasteiger partial charge in [0.25, 0.3) is 11.5 Å². The van der Waals surface area contributed by atoms with E-state index in [1.165, 1.54) is 4.31 Å². The molecule has 0 saturated carbocycles. The van der Waals surface area contributed by atoms with Gasteiger partial charge in [-0.15, -0.1) is 0 Å². The molecule has 1 atom stereocenters. The first-order valence-electron chi connectivity index (χ1n) is 10.2. The van der Waals surface area contributed by atoms with Gasteiger partial charge in [0.05, 0.1) is 24.0 Å². The van der Waals surface area contributed by atoms with Crippen LogP contribution in [-0.2, 0) is 23.0 Å². The molecule has 0 bridgehead atoms. The topological polar surface area (TPSA) is 116 Å². The molecule has 0 radical (unpaired) electrons. The van der Waals surface area contributed by atoms with Gasteiger partial charge in [0.1, 0.15) is 11.5 Å². The summed E-state index contributed by atoms with van der Waals surface area (Å²) in [5.41, 5.74) is 1.11. The fourth-order valence-electron chi connectivity index (χ4n) is 4.11. The minimum Gasteiger partial charge on any atom is -0.327 e. The number of aromatic nitrogens is 3. The Kier molecular flexibility index (Phi) is 5.70. The lowest BCUT2D eigenvalue weighted by atomic mass is 10.00. The van der Waals surface area contributed by atoms with Crippen LogP contribution in [-0.4, -0.2) is 57.3 Å². The fraction of sp³-hybridized carbons (Fsp3) is 0.500. The van der Waals surface area contributed by atoms with Gasteiger partial charge in [0.2, 0.25) is 10.0 Å². The molecule has 2 aromatic heterocycles. The molecule has 0 aromatic carbocycles. The number of hydrogen-bond donors (Lipinski definition) is 1. The first kappa shape index (κ1) is 20.7. The van der Waals surface area contributed by atoms with E-state index >= 15 is 0 Å². The molecule has 0 spiro atoms. The van der Waals surface area contributed by atoms with E-state index in [1.807, 2.05) is 0 Å². The molecule has 1 amide bonds. The lowest BCUT2D eigenvalue weighted by molar-refractivity contribution is 0.0592. The van der Waals surface area contributed by atoms with E-state index < -0.39 is 10.0 Å². The van der Waals surface area contributed by atoms with Crippen molar-refractivity contribution in [3.63, 3.8) is 0 Å². The van der Waals surface area contributed by atoms with Crippen LogP contribution in [0.1, 0.15) is 59.8 Å². The molecule has 9 nitrogen and oxygen atoms in total. The molecule has 1 saturated heterocycles. The van der Waals surface area contributed by atoms with Crippen LogP contribution >= 0.6 is 0 Å². The number of fused-ring (bicyclic) bond motifs is 1. The fourth-order valence-corrected chi connectivity index (χ4v) is 5.16. The first-order chi connectivity index (χ1) is 14.4. The largest absolute Gasteiger partial charge is 0.327 e. The monoisotopic (exact) mass is 431 g/mol. The number of sulfonamides is 1. The Morgan fingerprint density at radius 3 is 2.83 bits per heavy atom. The van der Waals surface area contributed by atoms with Crippen LogP contribution in [0.15, 0.2) is 29.2 Å². The zero-order valence-corrected chi connectivity index (χ0v) is 17.7. The number of carbonyl (C=O) groups is 1. The first-order valence-corrected chi connectivity index (χ1v) is 11.8. The van der Waals surface area contributed by atoms with E-state index in [4.69, 9.17) is 0 Å². The number of H-pyrrole nitrogens is 1. The number of nitrogens with zero attached hydrogens (tertiary/aromatic N) is 4. The van der Waals surface area contributed by atoms with Crippen molar-refractivity contribution in [3.05, 3.63) is 57.5 Å². The van der Waals surface area contributed by atoms with E-state index in [0.29, 0.717) is 42.2 Å². The van der Waals surface area contributed by atoms with Crippen molar-refractivity contribution in [2.75, 3.05) is 18.8 Å². The van der Waals surface area contributed by atoms with Crippen LogP contribution in [0.25, 0.3) is 0 Å². The summed E-state index contributed by atoms with van der Waals surface area (Å²) in [5.74, 6) is 0.224. The minimum absolute atomic E-state index is 0.00730. The molecule has 30 heavy (non-hydrogen) atoms. The number of hydrogen-bond acceptors (Lipinski definition) is 6. The molecule has 4 heterocycles. The molecule has 1 N–H and O–H groups in total. The average molecular weight is 432 g/mol. The second-order valence-electron chi connectivity index (χ2n) is 7.59. The summed E-state index contributed by atoms with van der Waals surface area (Å²) in [6.07, 6.45) is 4.37. The quantitative estimate of drug-likeness (QED) is 0.779. The van der Waals surface area contributed by atoms with Gasteiger partial charge in [-0.25, -0.2) is 13.4 Å². The lowest BCUT2D eigenvalue weighted by Crippen LogP contribution is -2.43. The molecule has 10 heteroatoms. The van der Waals surface area contributed by atoms with Crippen LogP contribution < -0.4 is 5.56 Å². The van der Waals surface area contributed by atoms with Gasteiger partial charge < -0.3 is 9.88 Å². The smallest absolute Gasteiger partial charge is 0.273 e. The summed E-state index contributed by atoms with van der Waals surface area (Å²) in [4.78, 5) is 39.1. The molecule has 2 aliphatic heterocycles. The number of likely N-dealkylation sites (tertiary alicyclic amines) is 1. The molecule has 160 valence electrons. The number of nitrogens with one attached hydrogen (secondary N) is 1. The summed E-state index contributed by atoms with van der Waals surface area (Å²) in [6, 6.07) is 4.82. The van der Waals surface area contributed by atoms with Gasteiger partial charge in [-0.05, 0) is 44.7 Å². The highest BCUT2D eigenvalue weighted by Crippen LogP contribution is 2.30. The van der Waals surface area contributed by atoms with Gasteiger partial charge in [0.15, 0.2) is 0 Å². The zero-order valence-electron chi connectivity index (χ0n) is 16.9. The molecule has 2 aliphatic rings. The maximum atomic E-state index is 13.0. The number of aromatic amines is 1. The molecule has 0 unspecified atom stereocenters. The van der Waals surface area contributed by atoms with Crippen molar-refractivity contribution < 1.29 is 13.2 Å². The Labute approximate surface area is 175 Å². The Balaban J connectivity index is 1.68. The van der Waals surface area contributed by atoms with Crippen LogP contribution in [0.4, 0.5) is 0 Å². The lowest BCUT2D eigenvalue weighted by Gasteiger charge is -2.35. The van der Waals surface area contributed by atoms with Crippen LogP contribution in [0.3, 0.4) is 0 Å². The Bertz CT molecular complexity index is 1100. The normalized spacial score (nSPS) is 20.0. The van der Waals surface area contributed by atoms with Crippen molar-refractivity contribution in [1.29, 1.82) is 0 Å². The third-order valence-electron chi connectivity index (χ3n) is 5.78. The highest BCUT2D eigenvalue weighted by molar-refractivity contribution is 7.89. The van der Waals surface area contributed by atoms with Gasteiger partial charge in [-0.2, -0.15) is 4.31 Å². The van der Waals surface area contributed by atoms with E-state index in [1.54, 1.807) is 36.2 Å². The number of pyridine rings is 1. The van der Waals surface area contributed by atoms with Gasteiger partial charge >= 0.3 is 0 Å².